The van der Waals surface area contributed by atoms with Gasteiger partial charge in [-0.25, -0.2) is 4.98 Å². The Bertz CT molecular complexity index is 531. The highest BCUT2D eigenvalue weighted by Crippen LogP contribution is 2.24. The van der Waals surface area contributed by atoms with Crippen molar-refractivity contribution < 1.29 is 0 Å². The topological polar surface area (TPSA) is 20.5 Å². The zero-order valence-corrected chi connectivity index (χ0v) is 11.0. The molecule has 0 aliphatic heterocycles. The summed E-state index contributed by atoms with van der Waals surface area (Å²) in [5.41, 5.74) is 2.86. The van der Waals surface area contributed by atoms with Gasteiger partial charge in [0.25, 0.3) is 0 Å². The standard InChI is InChI=1S/C11H13Cl2N3/c1-7-10(6-15(2)3)16-5-8(12)4-9(13)11(16)14-7/h4-5H,6H2,1-3H3. The first kappa shape index (κ1) is 11.7. The molecule has 2 aromatic heterocycles. The van der Waals surface area contributed by atoms with Crippen LogP contribution in [0.1, 0.15) is 11.4 Å². The average molecular weight is 258 g/mol. The van der Waals surface area contributed by atoms with Gasteiger partial charge in [-0.05, 0) is 27.1 Å². The Morgan fingerprint density at radius 1 is 1.38 bits per heavy atom. The van der Waals surface area contributed by atoms with Crippen LogP contribution in [0.5, 0.6) is 0 Å². The number of fused-ring (bicyclic) bond motifs is 1. The van der Waals surface area contributed by atoms with Gasteiger partial charge < -0.3 is 4.90 Å². The number of halogens is 2. The van der Waals surface area contributed by atoms with Gasteiger partial charge in [-0.1, -0.05) is 23.2 Å². The van der Waals surface area contributed by atoms with Crippen molar-refractivity contribution in [2.24, 2.45) is 0 Å². The predicted octanol–water partition coefficient (Wildman–Crippen LogP) is 3.01. The summed E-state index contributed by atoms with van der Waals surface area (Å²) in [6.07, 6.45) is 1.85. The molecule has 0 aromatic carbocycles. The van der Waals surface area contributed by atoms with E-state index in [-0.39, 0.29) is 0 Å². The lowest BCUT2D eigenvalue weighted by atomic mass is 10.3. The third-order valence-corrected chi connectivity index (χ3v) is 2.89. The zero-order chi connectivity index (χ0) is 11.9. The van der Waals surface area contributed by atoms with E-state index in [0.717, 1.165) is 23.6 Å². The Morgan fingerprint density at radius 3 is 2.69 bits per heavy atom. The SMILES string of the molecule is Cc1nc2c(Cl)cc(Cl)cn2c1CN(C)C. The second-order valence-corrected chi connectivity index (χ2v) is 4.93. The molecule has 0 bridgehead atoms. The van der Waals surface area contributed by atoms with E-state index in [1.807, 2.05) is 31.6 Å². The Labute approximate surface area is 105 Å². The van der Waals surface area contributed by atoms with Gasteiger partial charge in [-0.15, -0.1) is 0 Å². The van der Waals surface area contributed by atoms with Crippen LogP contribution in [0.2, 0.25) is 10.0 Å². The van der Waals surface area contributed by atoms with Crippen LogP contribution in [0.15, 0.2) is 12.3 Å². The summed E-state index contributed by atoms with van der Waals surface area (Å²) >= 11 is 12.1. The minimum Gasteiger partial charge on any atom is -0.304 e. The molecule has 0 N–H and O–H groups in total. The summed E-state index contributed by atoms with van der Waals surface area (Å²) in [6, 6.07) is 1.71. The van der Waals surface area contributed by atoms with Gasteiger partial charge in [0.05, 0.1) is 21.4 Å². The van der Waals surface area contributed by atoms with Crippen LogP contribution in [-0.2, 0) is 6.54 Å². The molecule has 0 aliphatic rings. The maximum Gasteiger partial charge on any atom is 0.156 e. The predicted molar refractivity (Wildman–Crippen MR) is 67.3 cm³/mol. The van der Waals surface area contributed by atoms with Crippen molar-refractivity contribution in [3.8, 4) is 0 Å². The van der Waals surface area contributed by atoms with E-state index >= 15 is 0 Å². The second kappa shape index (κ2) is 4.24. The minimum absolute atomic E-state index is 0.584. The molecule has 5 heteroatoms. The Morgan fingerprint density at radius 2 is 2.06 bits per heavy atom. The van der Waals surface area contributed by atoms with Crippen molar-refractivity contribution >= 4 is 28.8 Å². The molecule has 0 atom stereocenters. The molecule has 0 saturated carbocycles. The molecule has 86 valence electrons. The van der Waals surface area contributed by atoms with Crippen molar-refractivity contribution in [3.05, 3.63) is 33.7 Å². The van der Waals surface area contributed by atoms with Gasteiger partial charge in [0.2, 0.25) is 0 Å². The first-order chi connectivity index (χ1) is 7.49. The second-order valence-electron chi connectivity index (χ2n) is 4.08. The molecule has 0 fully saturated rings. The Hall–Kier alpha value is -0.770. The zero-order valence-electron chi connectivity index (χ0n) is 9.46. The lowest BCUT2D eigenvalue weighted by Crippen LogP contribution is -2.13. The summed E-state index contributed by atoms with van der Waals surface area (Å²) in [5.74, 6) is 0. The maximum absolute atomic E-state index is 6.10. The molecule has 3 nitrogen and oxygen atoms in total. The number of imidazole rings is 1. The average Bonchev–Trinajstić information content (AvgIpc) is 2.45. The van der Waals surface area contributed by atoms with Gasteiger partial charge in [-0.2, -0.15) is 0 Å². The van der Waals surface area contributed by atoms with Gasteiger partial charge in [-0.3, -0.25) is 4.40 Å². The summed E-state index contributed by atoms with van der Waals surface area (Å²) in [6.45, 7) is 2.79. The molecule has 2 rings (SSSR count). The van der Waals surface area contributed by atoms with Crippen molar-refractivity contribution in [1.82, 2.24) is 14.3 Å². The lowest BCUT2D eigenvalue weighted by Gasteiger charge is -2.10. The number of nitrogens with zero attached hydrogens (tertiary/aromatic N) is 3. The van der Waals surface area contributed by atoms with Crippen LogP contribution in [0, 0.1) is 6.92 Å². The summed E-state index contributed by atoms with van der Waals surface area (Å²) < 4.78 is 1.96. The number of hydrogen-bond acceptors (Lipinski definition) is 2. The monoisotopic (exact) mass is 257 g/mol. The largest absolute Gasteiger partial charge is 0.304 e. The van der Waals surface area contributed by atoms with Gasteiger partial charge in [0.15, 0.2) is 5.65 Å². The quantitative estimate of drug-likeness (QED) is 0.825. The van der Waals surface area contributed by atoms with Crippen LogP contribution < -0.4 is 0 Å². The fourth-order valence-electron chi connectivity index (χ4n) is 1.72. The third kappa shape index (κ3) is 2.03. The molecular formula is C11H13Cl2N3. The van der Waals surface area contributed by atoms with E-state index in [0.29, 0.717) is 10.0 Å². The number of aromatic nitrogens is 2. The molecule has 2 heterocycles. The van der Waals surface area contributed by atoms with Crippen molar-refractivity contribution in [2.75, 3.05) is 14.1 Å². The highest BCUT2D eigenvalue weighted by Gasteiger charge is 2.12. The van der Waals surface area contributed by atoms with Crippen molar-refractivity contribution in [1.29, 1.82) is 0 Å². The molecule has 0 spiro atoms. The third-order valence-electron chi connectivity index (χ3n) is 2.41. The molecule has 0 unspecified atom stereocenters. The van der Waals surface area contributed by atoms with Crippen LogP contribution in [0.25, 0.3) is 5.65 Å². The highest BCUT2D eigenvalue weighted by atomic mass is 35.5. The fourth-order valence-corrected chi connectivity index (χ4v) is 2.24. The normalized spacial score (nSPS) is 11.6. The van der Waals surface area contributed by atoms with Crippen LogP contribution >= 0.6 is 23.2 Å². The van der Waals surface area contributed by atoms with Crippen molar-refractivity contribution in [2.45, 2.75) is 13.5 Å². The number of hydrogen-bond donors (Lipinski definition) is 0. The van der Waals surface area contributed by atoms with Gasteiger partial charge in [0.1, 0.15) is 0 Å². The van der Waals surface area contributed by atoms with Crippen LogP contribution in [0.3, 0.4) is 0 Å². The smallest absolute Gasteiger partial charge is 0.156 e. The molecule has 2 aromatic rings. The molecule has 0 radical (unpaired) electrons. The molecule has 0 aliphatic carbocycles. The van der Waals surface area contributed by atoms with Crippen LogP contribution in [-0.4, -0.2) is 28.4 Å². The Kier molecular flexibility index (Phi) is 3.10. The number of aryl methyl sites for hydroxylation is 1. The number of rotatable bonds is 2. The van der Waals surface area contributed by atoms with E-state index < -0.39 is 0 Å². The molecule has 0 amide bonds. The Balaban J connectivity index is 2.68. The maximum atomic E-state index is 6.10. The molecular weight excluding hydrogens is 245 g/mol. The minimum atomic E-state index is 0.584. The molecule has 16 heavy (non-hydrogen) atoms. The number of pyridine rings is 1. The van der Waals surface area contributed by atoms with Gasteiger partial charge >= 0.3 is 0 Å². The van der Waals surface area contributed by atoms with E-state index in [4.69, 9.17) is 23.2 Å². The molecule has 0 saturated heterocycles. The summed E-state index contributed by atoms with van der Waals surface area (Å²) in [4.78, 5) is 6.54. The lowest BCUT2D eigenvalue weighted by molar-refractivity contribution is 0.394. The van der Waals surface area contributed by atoms with Crippen LogP contribution in [0.4, 0.5) is 0 Å². The van der Waals surface area contributed by atoms with E-state index in [9.17, 15) is 0 Å². The first-order valence-corrected chi connectivity index (χ1v) is 5.72. The summed E-state index contributed by atoms with van der Waals surface area (Å²) in [7, 11) is 4.04. The van der Waals surface area contributed by atoms with E-state index in [1.54, 1.807) is 6.07 Å². The fraction of sp³-hybridized carbons (Fsp3) is 0.364. The van der Waals surface area contributed by atoms with Gasteiger partial charge in [0, 0.05) is 12.7 Å². The first-order valence-electron chi connectivity index (χ1n) is 4.96. The van der Waals surface area contributed by atoms with Crippen molar-refractivity contribution in [3.63, 3.8) is 0 Å². The highest BCUT2D eigenvalue weighted by molar-refractivity contribution is 6.36. The summed E-state index contributed by atoms with van der Waals surface area (Å²) in [5, 5.41) is 1.20. The van der Waals surface area contributed by atoms with E-state index in [2.05, 4.69) is 9.88 Å². The van der Waals surface area contributed by atoms with E-state index in [1.165, 1.54) is 0 Å².